The molecule has 164 valence electrons. The summed E-state index contributed by atoms with van der Waals surface area (Å²) in [7, 11) is 2.65. The molecule has 6 nitrogen and oxygen atoms in total. The van der Waals surface area contributed by atoms with Crippen molar-refractivity contribution in [1.29, 1.82) is 0 Å². The quantitative estimate of drug-likeness (QED) is 0.197. The van der Waals surface area contributed by atoms with Gasteiger partial charge in [0, 0.05) is 52.2 Å². The van der Waals surface area contributed by atoms with E-state index in [0.29, 0.717) is 21.5 Å². The molecular weight excluding hydrogens is 442 g/mol. The van der Waals surface area contributed by atoms with E-state index in [-0.39, 0.29) is 43.8 Å². The molecule has 5 aromatic rings. The summed E-state index contributed by atoms with van der Waals surface area (Å²) in [5, 5.41) is 1.88. The summed E-state index contributed by atoms with van der Waals surface area (Å²) in [5.41, 5.74) is 0.491. The number of benzene rings is 5. The zero-order valence-electron chi connectivity index (χ0n) is 17.7. The van der Waals surface area contributed by atoms with Crippen molar-refractivity contribution in [3.05, 3.63) is 70.3 Å². The van der Waals surface area contributed by atoms with E-state index in [4.69, 9.17) is 0 Å². The fraction of sp³-hybridized carbons (Fsp3) is 0.0769. The van der Waals surface area contributed by atoms with E-state index >= 15 is 8.78 Å². The molecule has 0 aliphatic carbocycles. The van der Waals surface area contributed by atoms with Gasteiger partial charge < -0.3 is 0 Å². The minimum Gasteiger partial charge on any atom is -0.277 e. The number of nitrogens with zero attached hydrogens (tertiary/aromatic N) is 2. The minimum absolute atomic E-state index is 0.0179. The van der Waals surface area contributed by atoms with Gasteiger partial charge in [-0.2, -0.15) is 0 Å². The molecule has 0 atom stereocenters. The first-order valence-electron chi connectivity index (χ1n) is 10.5. The largest absolute Gasteiger partial charge is 0.277 e. The highest BCUT2D eigenvalue weighted by Crippen LogP contribution is 2.47. The Bertz CT molecular complexity index is 1770. The first kappa shape index (κ1) is 19.0. The van der Waals surface area contributed by atoms with Gasteiger partial charge in [-0.25, -0.2) is 8.78 Å². The molecule has 4 amide bonds. The zero-order chi connectivity index (χ0) is 23.8. The van der Waals surface area contributed by atoms with E-state index < -0.39 is 35.3 Å². The van der Waals surface area contributed by atoms with Gasteiger partial charge in [-0.15, -0.1) is 0 Å². The van der Waals surface area contributed by atoms with E-state index in [1.54, 1.807) is 12.1 Å². The Labute approximate surface area is 189 Å². The maximum Gasteiger partial charge on any atom is 0.261 e. The molecule has 0 N–H and O–H groups in total. The Kier molecular flexibility index (Phi) is 3.20. The molecule has 2 aliphatic rings. The van der Waals surface area contributed by atoms with Gasteiger partial charge in [0.05, 0.1) is 11.1 Å². The van der Waals surface area contributed by atoms with Crippen molar-refractivity contribution >= 4 is 66.7 Å². The van der Waals surface area contributed by atoms with Crippen LogP contribution in [0.5, 0.6) is 0 Å². The number of rotatable bonds is 0. The Morgan fingerprint density at radius 1 is 0.500 bits per heavy atom. The predicted molar refractivity (Wildman–Crippen MR) is 120 cm³/mol. The number of hydrogen-bond donors (Lipinski definition) is 0. The van der Waals surface area contributed by atoms with Gasteiger partial charge in [0.2, 0.25) is 0 Å². The predicted octanol–water partition coefficient (Wildman–Crippen LogP) is 4.47. The van der Waals surface area contributed by atoms with Crippen molar-refractivity contribution in [1.82, 2.24) is 9.80 Å². The molecule has 7 rings (SSSR count). The third-order valence-corrected chi connectivity index (χ3v) is 7.15. The van der Waals surface area contributed by atoms with E-state index in [9.17, 15) is 19.2 Å². The molecule has 0 aromatic heterocycles. The molecule has 0 saturated heterocycles. The molecule has 5 aromatic carbocycles. The summed E-state index contributed by atoms with van der Waals surface area (Å²) in [4.78, 5) is 53.1. The summed E-state index contributed by atoms with van der Waals surface area (Å²) in [6.07, 6.45) is 0. The molecule has 34 heavy (non-hydrogen) atoms. The molecule has 8 heteroatoms. The van der Waals surface area contributed by atoms with Crippen LogP contribution in [0.1, 0.15) is 41.4 Å². The molecule has 2 heterocycles. The summed E-state index contributed by atoms with van der Waals surface area (Å²) in [6.45, 7) is 0. The molecular formula is C26H12F2N2O4. The van der Waals surface area contributed by atoms with Crippen molar-refractivity contribution in [3.8, 4) is 0 Å². The number of imide groups is 2. The number of hydrogen-bond acceptors (Lipinski definition) is 4. The third kappa shape index (κ3) is 1.88. The third-order valence-electron chi connectivity index (χ3n) is 7.15. The smallest absolute Gasteiger partial charge is 0.261 e. The second-order valence-electron chi connectivity index (χ2n) is 8.72. The van der Waals surface area contributed by atoms with Crippen LogP contribution in [0.3, 0.4) is 0 Å². The molecule has 2 aliphatic heterocycles. The maximum absolute atomic E-state index is 15.7. The lowest BCUT2D eigenvalue weighted by Gasteiger charge is -2.28. The Morgan fingerprint density at radius 2 is 0.882 bits per heavy atom. The van der Waals surface area contributed by atoms with Gasteiger partial charge >= 0.3 is 0 Å². The Hall–Kier alpha value is -4.46. The van der Waals surface area contributed by atoms with Crippen molar-refractivity contribution in [2.75, 3.05) is 14.1 Å². The number of fused-ring (bicyclic) bond motifs is 2. The van der Waals surface area contributed by atoms with Crippen LogP contribution in [0.15, 0.2) is 36.4 Å². The Balaban J connectivity index is 1.83. The van der Waals surface area contributed by atoms with Crippen LogP contribution in [0.25, 0.3) is 43.1 Å². The molecule has 0 spiro atoms. The Morgan fingerprint density at radius 3 is 1.32 bits per heavy atom. The van der Waals surface area contributed by atoms with Crippen molar-refractivity contribution in [2.24, 2.45) is 0 Å². The molecule has 0 unspecified atom stereocenters. The first-order valence-corrected chi connectivity index (χ1v) is 10.5. The highest BCUT2D eigenvalue weighted by Gasteiger charge is 2.36. The molecule has 0 radical (unpaired) electrons. The van der Waals surface area contributed by atoms with Crippen molar-refractivity contribution in [3.63, 3.8) is 0 Å². The lowest BCUT2D eigenvalue weighted by molar-refractivity contribution is 0.0635. The lowest BCUT2D eigenvalue weighted by Crippen LogP contribution is -2.37. The normalized spacial score (nSPS) is 15.8. The number of carbonyl (C=O) groups excluding carboxylic acids is 4. The fourth-order valence-corrected chi connectivity index (χ4v) is 5.61. The van der Waals surface area contributed by atoms with Crippen LogP contribution in [0.4, 0.5) is 8.78 Å². The number of amides is 4. The average Bonchev–Trinajstić information content (AvgIpc) is 2.83. The lowest BCUT2D eigenvalue weighted by atomic mass is 9.82. The van der Waals surface area contributed by atoms with E-state index in [2.05, 4.69) is 0 Å². The van der Waals surface area contributed by atoms with Crippen molar-refractivity contribution in [2.45, 2.75) is 0 Å². The summed E-state index contributed by atoms with van der Waals surface area (Å²) in [6, 6.07) is 8.32. The standard InChI is InChI=1S/C26H12F2N2O4/c1-29-23(31)11-5-3-9-17-10(4-6-12(18(11)17)24(29)32)21-16(28)8-14-19-13(25(33)30(2)26(14)34)7-15(27)20(9)22(19)21/h3-8H,1-2H3. The topological polar surface area (TPSA) is 74.8 Å². The number of halogens is 2. The second-order valence-corrected chi connectivity index (χ2v) is 8.72. The summed E-state index contributed by atoms with van der Waals surface area (Å²) in [5.74, 6) is -3.86. The summed E-state index contributed by atoms with van der Waals surface area (Å²) >= 11 is 0. The van der Waals surface area contributed by atoms with Crippen LogP contribution in [0, 0.1) is 11.6 Å². The van der Waals surface area contributed by atoms with Crippen LogP contribution >= 0.6 is 0 Å². The molecule has 0 fully saturated rings. The second kappa shape index (κ2) is 5.72. The van der Waals surface area contributed by atoms with E-state index in [1.165, 1.54) is 26.2 Å². The van der Waals surface area contributed by atoms with Gasteiger partial charge in [0.25, 0.3) is 23.6 Å². The first-order chi connectivity index (χ1) is 16.2. The molecule has 0 bridgehead atoms. The van der Waals surface area contributed by atoms with Gasteiger partial charge in [0.1, 0.15) is 11.6 Å². The van der Waals surface area contributed by atoms with Gasteiger partial charge in [0.15, 0.2) is 0 Å². The minimum atomic E-state index is -0.756. The monoisotopic (exact) mass is 454 g/mol. The zero-order valence-corrected chi connectivity index (χ0v) is 17.7. The number of carbonyl (C=O) groups is 4. The maximum atomic E-state index is 15.7. The van der Waals surface area contributed by atoms with Gasteiger partial charge in [-0.3, -0.25) is 29.0 Å². The van der Waals surface area contributed by atoms with Crippen LogP contribution in [-0.4, -0.2) is 47.5 Å². The summed E-state index contributed by atoms with van der Waals surface area (Å²) < 4.78 is 31.4. The highest BCUT2D eigenvalue weighted by molar-refractivity contribution is 6.41. The van der Waals surface area contributed by atoms with Gasteiger partial charge in [-0.1, -0.05) is 12.1 Å². The van der Waals surface area contributed by atoms with Crippen LogP contribution in [-0.2, 0) is 0 Å². The average molecular weight is 454 g/mol. The van der Waals surface area contributed by atoms with Crippen molar-refractivity contribution < 1.29 is 28.0 Å². The SMILES string of the molecule is CN1C(=O)c2ccc3c4c(F)cc5c6c(cc(F)c(c7ccc(c2c37)C1=O)c64)C(=O)N(C)C5=O. The van der Waals surface area contributed by atoms with Crippen LogP contribution < -0.4 is 0 Å². The molecule has 0 saturated carbocycles. The highest BCUT2D eigenvalue weighted by atomic mass is 19.1. The van der Waals surface area contributed by atoms with E-state index in [0.717, 1.165) is 21.9 Å². The van der Waals surface area contributed by atoms with Crippen LogP contribution in [0.2, 0.25) is 0 Å². The van der Waals surface area contributed by atoms with Gasteiger partial charge in [-0.05, 0) is 40.4 Å². The van der Waals surface area contributed by atoms with E-state index in [1.807, 2.05) is 0 Å². The fourth-order valence-electron chi connectivity index (χ4n) is 5.61.